The molecular formula is C15H22BNO3. The van der Waals surface area contributed by atoms with Crippen molar-refractivity contribution in [3.05, 3.63) is 18.2 Å². The number of rotatable bonds is 3. The fraction of sp³-hybridized carbons (Fsp3) is 0.667. The van der Waals surface area contributed by atoms with E-state index in [0.717, 1.165) is 18.4 Å². The molecule has 1 aromatic rings. The maximum Gasteiger partial charge on any atom is 0.514 e. The van der Waals surface area contributed by atoms with Crippen LogP contribution in [0.15, 0.2) is 18.2 Å². The Bertz CT molecular complexity index is 484. The van der Waals surface area contributed by atoms with Crippen LogP contribution in [0, 0.1) is 0 Å². The summed E-state index contributed by atoms with van der Waals surface area (Å²) in [7, 11) is -0.426. The van der Waals surface area contributed by atoms with E-state index in [2.05, 4.69) is 4.98 Å². The molecule has 0 N–H and O–H groups in total. The van der Waals surface area contributed by atoms with Crippen molar-refractivity contribution >= 4 is 12.7 Å². The molecule has 0 spiro atoms. The lowest BCUT2D eigenvalue weighted by Gasteiger charge is -2.32. The summed E-state index contributed by atoms with van der Waals surface area (Å²) in [5, 5.41) is 0. The third-order valence-corrected chi connectivity index (χ3v) is 4.58. The summed E-state index contributed by atoms with van der Waals surface area (Å²) in [6.07, 6.45) is 3.84. The second-order valence-corrected chi connectivity index (χ2v) is 6.66. The monoisotopic (exact) mass is 275 g/mol. The van der Waals surface area contributed by atoms with Crippen molar-refractivity contribution in [2.75, 3.05) is 0 Å². The van der Waals surface area contributed by atoms with Gasteiger partial charge in [-0.25, -0.2) is 4.98 Å². The fourth-order valence-electron chi connectivity index (χ4n) is 2.25. The quantitative estimate of drug-likeness (QED) is 0.794. The average molecular weight is 275 g/mol. The van der Waals surface area contributed by atoms with Crippen LogP contribution in [0.25, 0.3) is 0 Å². The number of hydrogen-bond acceptors (Lipinski definition) is 4. The van der Waals surface area contributed by atoms with Gasteiger partial charge in [0.2, 0.25) is 5.88 Å². The smallest absolute Gasteiger partial charge is 0.474 e. The van der Waals surface area contributed by atoms with Crippen molar-refractivity contribution in [3.63, 3.8) is 0 Å². The molecule has 0 radical (unpaired) electrons. The molecule has 1 saturated carbocycles. The number of pyridine rings is 1. The molecule has 1 aliphatic heterocycles. The minimum absolute atomic E-state index is 0.330. The third-order valence-electron chi connectivity index (χ3n) is 4.58. The summed E-state index contributed by atoms with van der Waals surface area (Å²) in [5.74, 6) is 0.668. The predicted molar refractivity (Wildman–Crippen MR) is 78.2 cm³/mol. The predicted octanol–water partition coefficient (Wildman–Crippen LogP) is 2.31. The highest BCUT2D eigenvalue weighted by Gasteiger charge is 2.52. The van der Waals surface area contributed by atoms with E-state index in [1.54, 1.807) is 0 Å². The molecule has 1 aromatic heterocycles. The van der Waals surface area contributed by atoms with Gasteiger partial charge in [0.15, 0.2) is 0 Å². The molecule has 0 unspecified atom stereocenters. The first kappa shape index (κ1) is 13.9. The zero-order valence-corrected chi connectivity index (χ0v) is 12.7. The molecule has 4 nitrogen and oxygen atoms in total. The van der Waals surface area contributed by atoms with Gasteiger partial charge in [-0.05, 0) is 53.0 Å². The van der Waals surface area contributed by atoms with Crippen LogP contribution >= 0.6 is 0 Å². The third kappa shape index (κ3) is 2.45. The molecule has 20 heavy (non-hydrogen) atoms. The van der Waals surface area contributed by atoms with Crippen molar-refractivity contribution in [2.24, 2.45) is 0 Å². The Morgan fingerprint density at radius 3 is 2.35 bits per heavy atom. The van der Waals surface area contributed by atoms with E-state index in [4.69, 9.17) is 14.0 Å². The van der Waals surface area contributed by atoms with Crippen molar-refractivity contribution in [1.82, 2.24) is 4.98 Å². The Morgan fingerprint density at radius 2 is 1.80 bits per heavy atom. The van der Waals surface area contributed by atoms with Gasteiger partial charge in [0, 0.05) is 6.07 Å². The van der Waals surface area contributed by atoms with Crippen LogP contribution in [0.4, 0.5) is 0 Å². The van der Waals surface area contributed by atoms with Gasteiger partial charge in [0.05, 0.1) is 16.8 Å². The summed E-state index contributed by atoms with van der Waals surface area (Å²) in [5.41, 5.74) is 0.0921. The zero-order valence-electron chi connectivity index (χ0n) is 12.7. The van der Waals surface area contributed by atoms with Crippen LogP contribution in [-0.2, 0) is 9.31 Å². The standard InChI is InChI=1S/C15H22BNO3/c1-14(2)15(3,4)20-16(19-14)12-9-6-10-13(17-12)18-11-7-5-8-11/h6,9-11H,5,7-8H2,1-4H3. The number of aromatic nitrogens is 1. The molecule has 0 aromatic carbocycles. The van der Waals surface area contributed by atoms with Crippen molar-refractivity contribution in [2.45, 2.75) is 64.3 Å². The topological polar surface area (TPSA) is 40.6 Å². The fourth-order valence-corrected chi connectivity index (χ4v) is 2.25. The Kier molecular flexibility index (Phi) is 3.29. The largest absolute Gasteiger partial charge is 0.514 e. The van der Waals surface area contributed by atoms with Crippen LogP contribution in [0.2, 0.25) is 0 Å². The molecule has 2 fully saturated rings. The molecule has 0 bridgehead atoms. The summed E-state index contributed by atoms with van der Waals surface area (Å²) >= 11 is 0. The zero-order chi connectivity index (χ0) is 14.4. The van der Waals surface area contributed by atoms with E-state index in [1.165, 1.54) is 6.42 Å². The van der Waals surface area contributed by atoms with E-state index in [-0.39, 0.29) is 11.2 Å². The molecule has 0 atom stereocenters. The summed E-state index contributed by atoms with van der Waals surface area (Å²) < 4.78 is 17.9. The Labute approximate surface area is 121 Å². The molecule has 2 heterocycles. The normalized spacial score (nSPS) is 24.5. The van der Waals surface area contributed by atoms with Gasteiger partial charge in [-0.1, -0.05) is 6.07 Å². The highest BCUT2D eigenvalue weighted by atomic mass is 16.7. The van der Waals surface area contributed by atoms with Crippen LogP contribution in [0.3, 0.4) is 0 Å². The molecule has 2 aliphatic rings. The number of nitrogens with zero attached hydrogens (tertiary/aromatic N) is 1. The minimum atomic E-state index is -0.426. The van der Waals surface area contributed by atoms with Crippen LogP contribution in [0.5, 0.6) is 5.88 Å². The van der Waals surface area contributed by atoms with E-state index < -0.39 is 7.12 Å². The highest BCUT2D eigenvalue weighted by Crippen LogP contribution is 2.36. The average Bonchev–Trinajstić information content (AvgIpc) is 2.54. The lowest BCUT2D eigenvalue weighted by atomic mass is 9.84. The van der Waals surface area contributed by atoms with Gasteiger partial charge >= 0.3 is 7.12 Å². The Morgan fingerprint density at radius 1 is 1.15 bits per heavy atom. The molecule has 3 rings (SSSR count). The van der Waals surface area contributed by atoms with Crippen molar-refractivity contribution in [1.29, 1.82) is 0 Å². The second-order valence-electron chi connectivity index (χ2n) is 6.66. The minimum Gasteiger partial charge on any atom is -0.474 e. The van der Waals surface area contributed by atoms with Gasteiger partial charge in [-0.3, -0.25) is 0 Å². The molecule has 1 saturated heterocycles. The molecule has 1 aliphatic carbocycles. The second kappa shape index (κ2) is 4.74. The van der Waals surface area contributed by atoms with Gasteiger partial charge in [0.25, 0.3) is 0 Å². The summed E-state index contributed by atoms with van der Waals surface area (Å²) in [4.78, 5) is 4.54. The Hall–Kier alpha value is -1.07. The molecule has 108 valence electrons. The highest BCUT2D eigenvalue weighted by molar-refractivity contribution is 6.61. The van der Waals surface area contributed by atoms with E-state index in [9.17, 15) is 0 Å². The SMILES string of the molecule is CC1(C)OB(c2cccc(OC3CCC3)n2)OC1(C)C. The lowest BCUT2D eigenvalue weighted by molar-refractivity contribution is 0.00578. The summed E-state index contributed by atoms with van der Waals surface area (Å²) in [6.45, 7) is 8.17. The van der Waals surface area contributed by atoms with Gasteiger partial charge in [-0.15, -0.1) is 0 Å². The first-order valence-corrected chi connectivity index (χ1v) is 7.37. The number of hydrogen-bond donors (Lipinski definition) is 0. The molecule has 5 heteroatoms. The van der Waals surface area contributed by atoms with Crippen LogP contribution in [0.1, 0.15) is 47.0 Å². The first-order chi connectivity index (χ1) is 9.37. The van der Waals surface area contributed by atoms with E-state index in [1.807, 2.05) is 45.9 Å². The number of ether oxygens (including phenoxy) is 1. The van der Waals surface area contributed by atoms with Gasteiger partial charge in [-0.2, -0.15) is 0 Å². The van der Waals surface area contributed by atoms with Crippen LogP contribution in [-0.4, -0.2) is 29.4 Å². The Balaban J connectivity index is 1.76. The van der Waals surface area contributed by atoms with Crippen LogP contribution < -0.4 is 10.3 Å². The van der Waals surface area contributed by atoms with E-state index >= 15 is 0 Å². The maximum absolute atomic E-state index is 6.01. The first-order valence-electron chi connectivity index (χ1n) is 7.37. The van der Waals surface area contributed by atoms with Gasteiger partial charge in [0.1, 0.15) is 6.10 Å². The maximum atomic E-state index is 6.01. The lowest BCUT2D eigenvalue weighted by Crippen LogP contribution is -2.41. The molecular weight excluding hydrogens is 253 g/mol. The van der Waals surface area contributed by atoms with Crippen molar-refractivity contribution < 1.29 is 14.0 Å². The van der Waals surface area contributed by atoms with E-state index in [0.29, 0.717) is 12.0 Å². The molecule has 0 amide bonds. The van der Waals surface area contributed by atoms with Crippen molar-refractivity contribution in [3.8, 4) is 5.88 Å². The van der Waals surface area contributed by atoms with Gasteiger partial charge < -0.3 is 14.0 Å². The summed E-state index contributed by atoms with van der Waals surface area (Å²) in [6, 6.07) is 5.77.